The maximum Gasteiger partial charge on any atom is 0.187 e. The smallest absolute Gasteiger partial charge is 0.187 e. The number of hydrogen-bond donors (Lipinski definition) is 0. The third-order valence-electron chi connectivity index (χ3n) is 2.39. The molecule has 1 aromatic rings. The van der Waals surface area contributed by atoms with E-state index in [2.05, 4.69) is 0 Å². The number of hydrogen-bond acceptors (Lipinski definition) is 2. The van der Waals surface area contributed by atoms with E-state index in [9.17, 15) is 4.79 Å². The first-order valence-corrected chi connectivity index (χ1v) is 5.13. The van der Waals surface area contributed by atoms with Crippen molar-refractivity contribution in [1.82, 2.24) is 4.90 Å². The summed E-state index contributed by atoms with van der Waals surface area (Å²) in [6.07, 6.45) is 3.43. The Labute approximate surface area is 91.2 Å². The van der Waals surface area contributed by atoms with Crippen LogP contribution in [0.1, 0.15) is 22.8 Å². The van der Waals surface area contributed by atoms with Gasteiger partial charge in [-0.05, 0) is 19.4 Å². The third-order valence-corrected chi connectivity index (χ3v) is 2.39. The summed E-state index contributed by atoms with van der Waals surface area (Å²) in [5.41, 5.74) is 1.80. The highest BCUT2D eigenvalue weighted by molar-refractivity contribution is 6.05. The second-order valence-electron chi connectivity index (χ2n) is 3.57. The van der Waals surface area contributed by atoms with Crippen LogP contribution >= 0.6 is 0 Å². The Morgan fingerprint density at radius 1 is 1.40 bits per heavy atom. The molecule has 0 amide bonds. The van der Waals surface area contributed by atoms with E-state index in [0.717, 1.165) is 17.7 Å². The number of allylic oxidation sites excluding steroid dienone is 1. The normalized spacial score (nSPS) is 10.6. The molecule has 2 heteroatoms. The third kappa shape index (κ3) is 3.24. The second-order valence-corrected chi connectivity index (χ2v) is 3.57. The lowest BCUT2D eigenvalue weighted by atomic mass is 10.1. The number of benzene rings is 1. The quantitative estimate of drug-likeness (QED) is 0.554. The predicted molar refractivity (Wildman–Crippen MR) is 63.0 cm³/mol. The lowest BCUT2D eigenvalue weighted by Crippen LogP contribution is -2.09. The van der Waals surface area contributed by atoms with Crippen molar-refractivity contribution >= 4 is 5.78 Å². The van der Waals surface area contributed by atoms with Crippen LogP contribution in [-0.2, 0) is 0 Å². The molecular formula is C13H17NO. The molecule has 15 heavy (non-hydrogen) atoms. The van der Waals surface area contributed by atoms with Crippen molar-refractivity contribution in [1.29, 1.82) is 0 Å². The van der Waals surface area contributed by atoms with Gasteiger partial charge in [0, 0.05) is 31.4 Å². The first-order valence-electron chi connectivity index (χ1n) is 5.13. The van der Waals surface area contributed by atoms with Crippen LogP contribution in [0, 0.1) is 6.92 Å². The van der Waals surface area contributed by atoms with Crippen molar-refractivity contribution in [2.75, 3.05) is 13.6 Å². The summed E-state index contributed by atoms with van der Waals surface area (Å²) in [4.78, 5) is 13.7. The number of carbonyl (C=O) groups is 1. The van der Waals surface area contributed by atoms with Gasteiger partial charge in [0.25, 0.3) is 0 Å². The summed E-state index contributed by atoms with van der Waals surface area (Å²) >= 11 is 0. The number of carbonyl (C=O) groups excluding carboxylic acids is 1. The second kappa shape index (κ2) is 5.35. The van der Waals surface area contributed by atoms with Crippen LogP contribution in [0.2, 0.25) is 0 Å². The van der Waals surface area contributed by atoms with Gasteiger partial charge in [0.15, 0.2) is 5.78 Å². The molecule has 1 rings (SSSR count). The average molecular weight is 203 g/mol. The molecule has 0 saturated heterocycles. The minimum atomic E-state index is 0.0633. The van der Waals surface area contributed by atoms with Gasteiger partial charge in [-0.15, -0.1) is 0 Å². The number of nitrogens with zero attached hydrogens (tertiary/aromatic N) is 1. The Kier molecular flexibility index (Phi) is 4.10. The highest BCUT2D eigenvalue weighted by atomic mass is 16.1. The Morgan fingerprint density at radius 2 is 2.07 bits per heavy atom. The summed E-state index contributed by atoms with van der Waals surface area (Å²) in [7, 11) is 1.95. The van der Waals surface area contributed by atoms with E-state index >= 15 is 0 Å². The van der Waals surface area contributed by atoms with E-state index in [1.807, 2.05) is 56.3 Å². The molecule has 0 unspecified atom stereocenters. The standard InChI is InChI=1S/C13H17NO/c1-4-14(3)10-9-13(15)12-8-6-5-7-11(12)2/h5-10H,4H2,1-3H3/b10-9+. The molecule has 80 valence electrons. The molecule has 0 aliphatic carbocycles. The van der Waals surface area contributed by atoms with E-state index in [1.54, 1.807) is 6.08 Å². The Balaban J connectivity index is 2.78. The first-order chi connectivity index (χ1) is 7.15. The van der Waals surface area contributed by atoms with Gasteiger partial charge in [-0.2, -0.15) is 0 Å². The fourth-order valence-electron chi connectivity index (χ4n) is 1.24. The van der Waals surface area contributed by atoms with Crippen molar-refractivity contribution in [3.63, 3.8) is 0 Å². The minimum Gasteiger partial charge on any atom is -0.381 e. The van der Waals surface area contributed by atoms with Gasteiger partial charge < -0.3 is 4.90 Å². The Bertz CT molecular complexity index is 369. The zero-order valence-electron chi connectivity index (χ0n) is 9.53. The van der Waals surface area contributed by atoms with Gasteiger partial charge in [0.05, 0.1) is 0 Å². The number of ketones is 1. The Morgan fingerprint density at radius 3 is 2.67 bits per heavy atom. The van der Waals surface area contributed by atoms with E-state index in [1.165, 1.54) is 0 Å². The van der Waals surface area contributed by atoms with Gasteiger partial charge in [-0.25, -0.2) is 0 Å². The number of rotatable bonds is 4. The van der Waals surface area contributed by atoms with Crippen LogP contribution in [0.15, 0.2) is 36.5 Å². The molecule has 0 bridgehead atoms. The molecule has 2 nitrogen and oxygen atoms in total. The van der Waals surface area contributed by atoms with Crippen LogP contribution in [0.25, 0.3) is 0 Å². The zero-order chi connectivity index (χ0) is 11.3. The molecule has 0 saturated carbocycles. The molecule has 0 aromatic heterocycles. The lowest BCUT2D eigenvalue weighted by molar-refractivity contribution is 0.104. The van der Waals surface area contributed by atoms with Gasteiger partial charge in [-0.3, -0.25) is 4.79 Å². The molecule has 0 fully saturated rings. The average Bonchev–Trinajstić information content (AvgIpc) is 2.26. The molecule has 0 aliphatic rings. The summed E-state index contributed by atoms with van der Waals surface area (Å²) < 4.78 is 0. The maximum atomic E-state index is 11.8. The van der Waals surface area contributed by atoms with Crippen molar-refractivity contribution < 1.29 is 4.79 Å². The SMILES string of the molecule is CCN(C)/C=C/C(=O)c1ccccc1C. The summed E-state index contributed by atoms with van der Waals surface area (Å²) in [5.74, 6) is 0.0633. The molecule has 0 spiro atoms. The monoisotopic (exact) mass is 203 g/mol. The molecule has 1 aromatic carbocycles. The van der Waals surface area contributed by atoms with Gasteiger partial charge in [-0.1, -0.05) is 24.3 Å². The minimum absolute atomic E-state index is 0.0633. The highest BCUT2D eigenvalue weighted by Crippen LogP contribution is 2.08. The Hall–Kier alpha value is -1.57. The molecule has 0 atom stereocenters. The van der Waals surface area contributed by atoms with Crippen LogP contribution in [0.5, 0.6) is 0 Å². The zero-order valence-corrected chi connectivity index (χ0v) is 9.53. The fourth-order valence-corrected chi connectivity index (χ4v) is 1.24. The van der Waals surface area contributed by atoms with Crippen LogP contribution in [-0.4, -0.2) is 24.3 Å². The predicted octanol–water partition coefficient (Wildman–Crippen LogP) is 2.64. The van der Waals surface area contributed by atoms with Gasteiger partial charge in [0.2, 0.25) is 0 Å². The van der Waals surface area contributed by atoms with Gasteiger partial charge >= 0.3 is 0 Å². The molecule has 0 radical (unpaired) electrons. The largest absolute Gasteiger partial charge is 0.381 e. The van der Waals surface area contributed by atoms with Crippen molar-refractivity contribution in [2.45, 2.75) is 13.8 Å². The van der Waals surface area contributed by atoms with E-state index in [0.29, 0.717) is 0 Å². The fraction of sp³-hybridized carbons (Fsp3) is 0.308. The summed E-state index contributed by atoms with van der Waals surface area (Å²) in [6, 6.07) is 7.63. The molecular weight excluding hydrogens is 186 g/mol. The topological polar surface area (TPSA) is 20.3 Å². The highest BCUT2D eigenvalue weighted by Gasteiger charge is 2.03. The number of aryl methyl sites for hydroxylation is 1. The van der Waals surface area contributed by atoms with Gasteiger partial charge in [0.1, 0.15) is 0 Å². The molecule has 0 N–H and O–H groups in total. The van der Waals surface area contributed by atoms with Crippen molar-refractivity contribution in [3.8, 4) is 0 Å². The molecule has 0 heterocycles. The van der Waals surface area contributed by atoms with Crippen molar-refractivity contribution in [2.24, 2.45) is 0 Å². The van der Waals surface area contributed by atoms with Crippen molar-refractivity contribution in [3.05, 3.63) is 47.7 Å². The van der Waals surface area contributed by atoms with E-state index < -0.39 is 0 Å². The van der Waals surface area contributed by atoms with E-state index in [4.69, 9.17) is 0 Å². The summed E-state index contributed by atoms with van der Waals surface area (Å²) in [6.45, 7) is 4.89. The van der Waals surface area contributed by atoms with Crippen LogP contribution in [0.4, 0.5) is 0 Å². The van der Waals surface area contributed by atoms with Crippen LogP contribution in [0.3, 0.4) is 0 Å². The lowest BCUT2D eigenvalue weighted by Gasteiger charge is -2.09. The van der Waals surface area contributed by atoms with E-state index in [-0.39, 0.29) is 5.78 Å². The maximum absolute atomic E-state index is 11.8. The summed E-state index contributed by atoms with van der Waals surface area (Å²) in [5, 5.41) is 0. The molecule has 0 aliphatic heterocycles. The van der Waals surface area contributed by atoms with Crippen LogP contribution < -0.4 is 0 Å². The first kappa shape index (κ1) is 11.5.